The molecule has 7 heteroatoms. The van der Waals surface area contributed by atoms with Gasteiger partial charge in [0.15, 0.2) is 5.69 Å². The molecule has 3 aromatic rings. The average Bonchev–Trinajstić information content (AvgIpc) is 3.14. The molecule has 0 unspecified atom stereocenters. The number of hydrogen-bond donors (Lipinski definition) is 1. The second kappa shape index (κ2) is 7.30. The van der Waals surface area contributed by atoms with Crippen LogP contribution in [-0.4, -0.2) is 9.67 Å². The van der Waals surface area contributed by atoms with Gasteiger partial charge in [-0.1, -0.05) is 17.7 Å². The Morgan fingerprint density at radius 3 is 2.63 bits per heavy atom. The van der Waals surface area contributed by atoms with Gasteiger partial charge in [-0.2, -0.15) is 10.4 Å². The SMILES string of the molecule is Cc1ccc(N=Nc2c(C)c(C#N)c(O)n(Cc3ccco3)c2=O)c(C)c1. The first kappa shape index (κ1) is 18.1. The van der Waals surface area contributed by atoms with Gasteiger partial charge in [0.2, 0.25) is 5.88 Å². The monoisotopic (exact) mass is 362 g/mol. The van der Waals surface area contributed by atoms with Gasteiger partial charge < -0.3 is 9.52 Å². The van der Waals surface area contributed by atoms with Crippen LogP contribution in [0.5, 0.6) is 5.88 Å². The number of benzene rings is 1. The fraction of sp³-hybridized carbons (Fsp3) is 0.200. The van der Waals surface area contributed by atoms with E-state index in [0.717, 1.165) is 15.7 Å². The zero-order chi connectivity index (χ0) is 19.6. The average molecular weight is 362 g/mol. The maximum Gasteiger partial charge on any atom is 0.281 e. The van der Waals surface area contributed by atoms with E-state index in [-0.39, 0.29) is 23.4 Å². The first-order chi connectivity index (χ1) is 12.9. The first-order valence-corrected chi connectivity index (χ1v) is 8.30. The summed E-state index contributed by atoms with van der Waals surface area (Å²) in [7, 11) is 0. The number of hydrogen-bond acceptors (Lipinski definition) is 6. The molecule has 0 aliphatic carbocycles. The van der Waals surface area contributed by atoms with Crippen LogP contribution in [0.3, 0.4) is 0 Å². The van der Waals surface area contributed by atoms with Crippen molar-refractivity contribution in [1.82, 2.24) is 4.57 Å². The summed E-state index contributed by atoms with van der Waals surface area (Å²) in [6.45, 7) is 5.43. The van der Waals surface area contributed by atoms with E-state index >= 15 is 0 Å². The molecule has 2 aromatic heterocycles. The third-order valence-electron chi connectivity index (χ3n) is 4.27. The molecule has 1 N–H and O–H groups in total. The van der Waals surface area contributed by atoms with Crippen molar-refractivity contribution >= 4 is 11.4 Å². The van der Waals surface area contributed by atoms with Crippen molar-refractivity contribution in [3.8, 4) is 11.9 Å². The van der Waals surface area contributed by atoms with Crippen molar-refractivity contribution in [2.45, 2.75) is 27.3 Å². The molecule has 0 aliphatic rings. The summed E-state index contributed by atoms with van der Waals surface area (Å²) in [6, 6.07) is 11.0. The lowest BCUT2D eigenvalue weighted by Crippen LogP contribution is -2.22. The van der Waals surface area contributed by atoms with E-state index in [9.17, 15) is 15.2 Å². The molecule has 0 saturated heterocycles. The van der Waals surface area contributed by atoms with E-state index in [1.807, 2.05) is 38.1 Å². The van der Waals surface area contributed by atoms with Gasteiger partial charge in [-0.05, 0) is 44.5 Å². The van der Waals surface area contributed by atoms with Gasteiger partial charge in [-0.15, -0.1) is 5.11 Å². The van der Waals surface area contributed by atoms with E-state index in [1.165, 1.54) is 6.26 Å². The number of aryl methyl sites for hydroxylation is 2. The highest BCUT2D eigenvalue weighted by molar-refractivity contribution is 5.57. The van der Waals surface area contributed by atoms with Crippen LogP contribution < -0.4 is 5.56 Å². The molecule has 0 radical (unpaired) electrons. The van der Waals surface area contributed by atoms with Crippen molar-refractivity contribution < 1.29 is 9.52 Å². The standard InChI is InChI=1S/C20H18N4O3/c1-12-6-7-17(13(2)9-12)22-23-18-14(3)16(10-21)19(25)24(20(18)26)11-15-5-4-8-27-15/h4-9,25H,11H2,1-3H3. The van der Waals surface area contributed by atoms with E-state index in [1.54, 1.807) is 19.1 Å². The zero-order valence-corrected chi connectivity index (χ0v) is 15.2. The number of nitrogens with zero attached hydrogens (tertiary/aromatic N) is 4. The molecule has 3 rings (SSSR count). The van der Waals surface area contributed by atoms with Gasteiger partial charge in [0.05, 0.1) is 18.5 Å². The largest absolute Gasteiger partial charge is 0.493 e. The van der Waals surface area contributed by atoms with Crippen molar-refractivity contribution in [2.24, 2.45) is 10.2 Å². The minimum absolute atomic E-state index is 0.0101. The Morgan fingerprint density at radius 2 is 2.00 bits per heavy atom. The van der Waals surface area contributed by atoms with Gasteiger partial charge in [0.25, 0.3) is 5.56 Å². The fourth-order valence-corrected chi connectivity index (χ4v) is 2.78. The summed E-state index contributed by atoms with van der Waals surface area (Å²) < 4.78 is 6.30. The highest BCUT2D eigenvalue weighted by Crippen LogP contribution is 2.28. The lowest BCUT2D eigenvalue weighted by molar-refractivity contribution is 0.397. The number of aromatic nitrogens is 1. The van der Waals surface area contributed by atoms with Crippen molar-refractivity contribution in [1.29, 1.82) is 5.26 Å². The quantitative estimate of drug-likeness (QED) is 0.694. The Kier molecular flexibility index (Phi) is 4.90. The number of nitriles is 1. The van der Waals surface area contributed by atoms with E-state index in [4.69, 9.17) is 4.42 Å². The molecule has 2 heterocycles. The minimum atomic E-state index is -0.547. The molecule has 0 atom stereocenters. The zero-order valence-electron chi connectivity index (χ0n) is 15.2. The second-order valence-electron chi connectivity index (χ2n) is 6.24. The van der Waals surface area contributed by atoms with Crippen molar-refractivity contribution in [3.63, 3.8) is 0 Å². The summed E-state index contributed by atoms with van der Waals surface area (Å²) in [5.74, 6) is 0.0549. The molecular weight excluding hydrogens is 344 g/mol. The molecule has 0 spiro atoms. The molecule has 27 heavy (non-hydrogen) atoms. The maximum absolute atomic E-state index is 12.9. The summed E-state index contributed by atoms with van der Waals surface area (Å²) in [6.07, 6.45) is 1.47. The molecule has 0 aliphatic heterocycles. The van der Waals surface area contributed by atoms with Crippen LogP contribution in [0.15, 0.2) is 56.0 Å². The lowest BCUT2D eigenvalue weighted by Gasteiger charge is -2.12. The summed E-state index contributed by atoms with van der Waals surface area (Å²) >= 11 is 0. The Labute approximate surface area is 155 Å². The molecule has 0 saturated carbocycles. The van der Waals surface area contributed by atoms with Crippen LogP contribution in [0.4, 0.5) is 11.4 Å². The first-order valence-electron chi connectivity index (χ1n) is 8.30. The number of pyridine rings is 1. The molecule has 0 fully saturated rings. The van der Waals surface area contributed by atoms with Crippen LogP contribution in [0.1, 0.15) is 28.0 Å². The Morgan fingerprint density at radius 1 is 1.22 bits per heavy atom. The Hall–Kier alpha value is -3.66. The second-order valence-corrected chi connectivity index (χ2v) is 6.24. The van der Waals surface area contributed by atoms with Gasteiger partial charge >= 0.3 is 0 Å². The van der Waals surface area contributed by atoms with Gasteiger partial charge in [0.1, 0.15) is 17.4 Å². The van der Waals surface area contributed by atoms with Crippen LogP contribution in [0.2, 0.25) is 0 Å². The highest BCUT2D eigenvalue weighted by atomic mass is 16.3. The number of furan rings is 1. The molecule has 1 aromatic carbocycles. The molecular formula is C20H18N4O3. The fourth-order valence-electron chi connectivity index (χ4n) is 2.78. The van der Waals surface area contributed by atoms with Gasteiger partial charge in [0, 0.05) is 5.56 Å². The normalized spacial score (nSPS) is 11.0. The Balaban J connectivity index is 2.13. The third-order valence-corrected chi connectivity index (χ3v) is 4.27. The van der Waals surface area contributed by atoms with Crippen LogP contribution in [-0.2, 0) is 6.54 Å². The summed E-state index contributed by atoms with van der Waals surface area (Å²) in [4.78, 5) is 12.9. The van der Waals surface area contributed by atoms with E-state index in [0.29, 0.717) is 11.4 Å². The molecule has 7 nitrogen and oxygen atoms in total. The molecule has 136 valence electrons. The van der Waals surface area contributed by atoms with Crippen LogP contribution in [0.25, 0.3) is 0 Å². The summed E-state index contributed by atoms with van der Waals surface area (Å²) in [5.41, 5.74) is 2.37. The van der Waals surface area contributed by atoms with Crippen LogP contribution in [0, 0.1) is 32.1 Å². The predicted octanol–water partition coefficient (Wildman–Crippen LogP) is 4.41. The van der Waals surface area contributed by atoms with Gasteiger partial charge in [-0.25, -0.2) is 0 Å². The van der Waals surface area contributed by atoms with E-state index in [2.05, 4.69) is 10.2 Å². The van der Waals surface area contributed by atoms with Crippen molar-refractivity contribution in [2.75, 3.05) is 0 Å². The highest BCUT2D eigenvalue weighted by Gasteiger charge is 2.20. The maximum atomic E-state index is 12.9. The van der Waals surface area contributed by atoms with Gasteiger partial charge in [-0.3, -0.25) is 9.36 Å². The summed E-state index contributed by atoms with van der Waals surface area (Å²) in [5, 5.41) is 28.0. The topological polar surface area (TPSA) is 104 Å². The number of aromatic hydroxyl groups is 1. The number of rotatable bonds is 4. The third kappa shape index (κ3) is 3.51. The number of azo groups is 1. The predicted molar refractivity (Wildman–Crippen MR) is 99.7 cm³/mol. The van der Waals surface area contributed by atoms with Crippen LogP contribution >= 0.6 is 0 Å². The lowest BCUT2D eigenvalue weighted by atomic mass is 10.1. The Bertz CT molecular complexity index is 1120. The van der Waals surface area contributed by atoms with E-state index < -0.39 is 11.4 Å². The van der Waals surface area contributed by atoms with Crippen molar-refractivity contribution in [3.05, 3.63) is 75.0 Å². The molecule has 0 amide bonds. The molecule has 0 bridgehead atoms. The minimum Gasteiger partial charge on any atom is -0.493 e. The smallest absolute Gasteiger partial charge is 0.281 e.